The van der Waals surface area contributed by atoms with Gasteiger partial charge in [0.1, 0.15) is 46.2 Å². The molecule has 0 radical (unpaired) electrons. The van der Waals surface area contributed by atoms with Crippen molar-refractivity contribution >= 4 is 209 Å². The fourth-order valence-corrected chi connectivity index (χ4v) is 10.2. The Kier molecular flexibility index (Phi) is 20.6. The number of benzene rings is 2. The monoisotopic (exact) mass is 1380 g/mol. The third-order valence-electron chi connectivity index (χ3n) is 11.0. The predicted octanol–water partition coefficient (Wildman–Crippen LogP) is 17.2. The van der Waals surface area contributed by atoms with Gasteiger partial charge in [0.25, 0.3) is 5.95 Å². The lowest BCUT2D eigenvalue weighted by Gasteiger charge is -2.05. The van der Waals surface area contributed by atoms with Crippen molar-refractivity contribution in [3.8, 4) is 29.1 Å². The summed E-state index contributed by atoms with van der Waals surface area (Å²) >= 11 is 33.8. The van der Waals surface area contributed by atoms with Crippen molar-refractivity contribution < 1.29 is 34.0 Å². The second-order valence-electron chi connectivity index (χ2n) is 16.9. The van der Waals surface area contributed by atoms with E-state index in [9.17, 15) is 28.9 Å². The molecular weight excluding hydrogens is 1360 g/mol. The molecular formula is C50H27Cl5F2N24O5S4. The summed E-state index contributed by atoms with van der Waals surface area (Å²) in [6, 6.07) is 11.7. The van der Waals surface area contributed by atoms with Gasteiger partial charge in [-0.2, -0.15) is 27.8 Å². The van der Waals surface area contributed by atoms with Crippen LogP contribution in [0.5, 0.6) is 23.0 Å². The van der Waals surface area contributed by atoms with E-state index in [1.807, 2.05) is 6.07 Å². The summed E-state index contributed by atoms with van der Waals surface area (Å²) < 4.78 is 42.9. The minimum absolute atomic E-state index is 0.0600. The number of anilines is 1. The van der Waals surface area contributed by atoms with Gasteiger partial charge in [0.05, 0.1) is 53.9 Å². The number of nitrogens with one attached hydrogen (secondary N) is 2. The van der Waals surface area contributed by atoms with Crippen LogP contribution < -0.4 is 10.6 Å². The number of aromatic nitrogens is 12. The normalized spacial score (nSPS) is 11.2. The lowest BCUT2D eigenvalue weighted by atomic mass is 10.2. The zero-order valence-corrected chi connectivity index (χ0v) is 51.8. The molecule has 12 rings (SSSR count). The lowest BCUT2D eigenvalue weighted by Crippen LogP contribution is -2.24. The number of phenolic OH excluding ortho intramolecular Hbond substituents is 2. The number of nitrogens with zero attached hydrogens (tertiary/aromatic N) is 22. The number of carbonyl (C=O) groups is 1. The van der Waals surface area contributed by atoms with Gasteiger partial charge in [0.2, 0.25) is 11.5 Å². The first-order chi connectivity index (χ1) is 43.2. The van der Waals surface area contributed by atoms with Crippen LogP contribution in [-0.4, -0.2) is 90.9 Å². The van der Waals surface area contributed by atoms with Crippen molar-refractivity contribution in [1.82, 2.24) is 62.7 Å². The van der Waals surface area contributed by atoms with Gasteiger partial charge in [-0.15, -0.1) is 40.9 Å². The highest BCUT2D eigenvalue weighted by Gasteiger charge is 2.17. The molecule has 2 aromatic carbocycles. The minimum atomic E-state index is -1.22. The van der Waals surface area contributed by atoms with Gasteiger partial charge in [-0.25, -0.2) is 48.3 Å². The number of urea groups is 1. The van der Waals surface area contributed by atoms with Gasteiger partial charge in [-0.05, 0) is 90.3 Å². The summed E-state index contributed by atoms with van der Waals surface area (Å²) in [5.41, 5.74) is 3.84. The zero-order chi connectivity index (χ0) is 64.3. The van der Waals surface area contributed by atoms with Crippen molar-refractivity contribution in [3.63, 3.8) is 0 Å². The van der Waals surface area contributed by atoms with Gasteiger partial charge < -0.3 is 25.7 Å². The number of halogens is 7. The highest BCUT2D eigenvalue weighted by molar-refractivity contribution is 7.12. The molecule has 10 aromatic heterocycles. The molecule has 0 atom stereocenters. The third kappa shape index (κ3) is 15.2. The standard InChI is InChI=1S/C14H7Cl2N5OS.C14H9ClN8O2S.C12H7Cl2N5OS.C10H4F2N6OS/c1-6-12(17-2)13-7(5-18-6)14(23-21-13)20-19-10-3-9(16)11(22)4-8(10)15;1-17-14(25)20-12-8(24)2-3-9(18-12)21-22-13-7-4-6(5-16)10(15)19-11(7)23-26-13;1-5-15-4-6-11(16-5)19-21-12(6)18-17-9-2-8(14)10(20)3-7(9)13;11-5-1-6(19)7(12)15-9(5)16-17-10-4-2-13-3-14-8(4)18-20-10/h3-5,22H,1H3;2-4,24H,1H3,(H2,17,18,20,25);2-4,20H,1H3;1-3,19H. The molecule has 0 saturated carbocycles. The molecule has 0 aliphatic heterocycles. The third-order valence-corrected chi connectivity index (χ3v) is 15.5. The molecule has 0 unspecified atom stereocenters. The van der Waals surface area contributed by atoms with Crippen LogP contribution in [0.3, 0.4) is 0 Å². The smallest absolute Gasteiger partial charge is 0.320 e. The number of aryl methyl sites for hydroxylation is 2. The van der Waals surface area contributed by atoms with E-state index in [4.69, 9.17) is 74.9 Å². The van der Waals surface area contributed by atoms with Crippen LogP contribution >= 0.6 is 104 Å². The van der Waals surface area contributed by atoms with Gasteiger partial charge in [-0.1, -0.05) is 58.0 Å². The second-order valence-corrected chi connectivity index (χ2v) is 21.9. The molecule has 40 heteroatoms. The summed E-state index contributed by atoms with van der Waals surface area (Å²) in [7, 11) is 1.43. The first kappa shape index (κ1) is 64.4. The van der Waals surface area contributed by atoms with Crippen LogP contribution in [0, 0.1) is 43.5 Å². The highest BCUT2D eigenvalue weighted by Crippen LogP contribution is 2.42. The van der Waals surface area contributed by atoms with E-state index in [1.165, 1.54) is 73.6 Å². The number of pyridine rings is 4. The Morgan fingerprint density at radius 1 is 0.622 bits per heavy atom. The van der Waals surface area contributed by atoms with E-state index in [1.54, 1.807) is 26.2 Å². The molecule has 0 aliphatic carbocycles. The Bertz CT molecular complexity index is 4980. The van der Waals surface area contributed by atoms with Gasteiger partial charge in [-0.3, -0.25) is 10.3 Å². The number of fused-ring (bicyclic) bond motifs is 4. The van der Waals surface area contributed by atoms with Crippen LogP contribution in [0.15, 0.2) is 114 Å². The number of phenols is 2. The predicted molar refractivity (Wildman–Crippen MR) is 333 cm³/mol. The van der Waals surface area contributed by atoms with Crippen LogP contribution in [0.1, 0.15) is 17.1 Å². The Morgan fingerprint density at radius 2 is 1.20 bits per heavy atom. The molecule has 0 fully saturated rings. The number of amides is 2. The maximum absolute atomic E-state index is 13.4. The summed E-state index contributed by atoms with van der Waals surface area (Å²) in [6.07, 6.45) is 6.09. The van der Waals surface area contributed by atoms with Crippen molar-refractivity contribution in [2.45, 2.75) is 13.8 Å². The molecule has 90 heavy (non-hydrogen) atoms. The van der Waals surface area contributed by atoms with Crippen LogP contribution in [0.4, 0.5) is 68.1 Å². The van der Waals surface area contributed by atoms with Crippen LogP contribution in [0.2, 0.25) is 25.2 Å². The largest absolute Gasteiger partial charge is 0.506 e. The Morgan fingerprint density at radius 3 is 1.84 bits per heavy atom. The SMILES string of the molecule is CNC(=O)Nc1nc(N=Nc2snc3nc(Cl)c(C#N)cc23)ccc1O.Cc1ncc2c(N=Nc3cc(Cl)c(O)cc3Cl)snc2n1.Oc1cc(F)c(N=Nc2snc3ncncc23)nc1F.[C-]#[N+]c1c(C)ncc2c(N=Nc3cc(Cl)c(O)cc3Cl)snc12. The molecule has 0 spiro atoms. The van der Waals surface area contributed by atoms with Crippen molar-refractivity contribution in [3.05, 3.63) is 139 Å². The molecule has 12 aromatic rings. The molecule has 450 valence electrons. The quantitative estimate of drug-likeness (QED) is 0.0444. The molecule has 0 saturated heterocycles. The number of hydrogen-bond donors (Lipinski definition) is 6. The van der Waals surface area contributed by atoms with Gasteiger partial charge in [0, 0.05) is 54.9 Å². The number of azo groups is 4. The number of aromatic hydroxyl groups is 4. The maximum atomic E-state index is 13.4. The summed E-state index contributed by atoms with van der Waals surface area (Å²) in [5.74, 6) is -3.38. The van der Waals surface area contributed by atoms with Crippen molar-refractivity contribution in [2.24, 2.45) is 40.9 Å². The van der Waals surface area contributed by atoms with Gasteiger partial charge in [0.15, 0.2) is 65.9 Å². The zero-order valence-electron chi connectivity index (χ0n) is 44.7. The minimum Gasteiger partial charge on any atom is -0.506 e. The van der Waals surface area contributed by atoms with Crippen molar-refractivity contribution in [2.75, 3.05) is 12.4 Å². The summed E-state index contributed by atoms with van der Waals surface area (Å²) in [6.45, 7) is 10.8. The average Bonchev–Trinajstić information content (AvgIpc) is 1.78. The van der Waals surface area contributed by atoms with E-state index in [0.717, 1.165) is 40.0 Å². The Balaban J connectivity index is 0.000000143. The number of hydrogen-bond acceptors (Lipinski definition) is 30. The fourth-order valence-electron chi connectivity index (χ4n) is 6.68. The average molecular weight is 1390 g/mol. The second kappa shape index (κ2) is 28.8. The molecule has 0 bridgehead atoms. The lowest BCUT2D eigenvalue weighted by molar-refractivity contribution is 0.253. The molecule has 6 N–H and O–H groups in total. The molecule has 0 aliphatic rings. The Hall–Kier alpha value is -10.1. The number of nitriles is 1. The van der Waals surface area contributed by atoms with Crippen molar-refractivity contribution in [1.29, 1.82) is 5.26 Å². The van der Waals surface area contributed by atoms with E-state index in [-0.39, 0.29) is 59.7 Å². The van der Waals surface area contributed by atoms with Crippen LogP contribution in [-0.2, 0) is 0 Å². The number of rotatable bonds is 9. The number of carbonyl (C=O) groups excluding carboxylic acids is 1. The fraction of sp³-hybridized carbons (Fsp3) is 0.0600. The maximum Gasteiger partial charge on any atom is 0.320 e. The molecule has 2 amide bonds. The highest BCUT2D eigenvalue weighted by atomic mass is 35.5. The first-order valence-electron chi connectivity index (χ1n) is 24.1. The molecule has 10 heterocycles. The van der Waals surface area contributed by atoms with E-state index < -0.39 is 29.4 Å². The van der Waals surface area contributed by atoms with E-state index in [0.29, 0.717) is 93.3 Å². The summed E-state index contributed by atoms with van der Waals surface area (Å²) in [5, 5.41) is 88.0. The van der Waals surface area contributed by atoms with Gasteiger partial charge >= 0.3 is 6.03 Å². The first-order valence-corrected chi connectivity index (χ1v) is 29.1. The molecule has 29 nitrogen and oxygen atoms in total. The van der Waals surface area contributed by atoms with E-state index in [2.05, 4.69) is 114 Å². The van der Waals surface area contributed by atoms with E-state index >= 15 is 0 Å². The van der Waals surface area contributed by atoms with Crippen LogP contribution in [0.25, 0.3) is 48.8 Å². The summed E-state index contributed by atoms with van der Waals surface area (Å²) in [4.78, 5) is 46.2. The topological polar surface area (TPSA) is 404 Å². The Labute approximate surface area is 542 Å².